The Kier molecular flexibility index (Phi) is 9.29. The van der Waals surface area contributed by atoms with Crippen molar-refractivity contribution >= 4 is 0 Å². The lowest BCUT2D eigenvalue weighted by molar-refractivity contribution is 0.135. The molecular formula is C10H24N2O2. The summed E-state index contributed by atoms with van der Waals surface area (Å²) in [5, 5.41) is 21.2. The van der Waals surface area contributed by atoms with Crippen molar-refractivity contribution in [1.29, 1.82) is 0 Å². The van der Waals surface area contributed by atoms with Crippen LogP contribution in [0.25, 0.3) is 0 Å². The number of nitrogens with one attached hydrogen (secondary N) is 1. The molecule has 0 saturated heterocycles. The van der Waals surface area contributed by atoms with Crippen molar-refractivity contribution < 1.29 is 10.2 Å². The zero-order valence-corrected chi connectivity index (χ0v) is 9.37. The van der Waals surface area contributed by atoms with E-state index in [1.807, 2.05) is 19.0 Å². The molecule has 1 atom stereocenters. The van der Waals surface area contributed by atoms with E-state index in [-0.39, 0.29) is 12.7 Å². The minimum absolute atomic E-state index is 0.281. The van der Waals surface area contributed by atoms with Crippen LogP contribution in [-0.4, -0.2) is 61.6 Å². The Morgan fingerprint density at radius 2 is 1.93 bits per heavy atom. The summed E-state index contributed by atoms with van der Waals surface area (Å²) in [5.74, 6) is 0. The van der Waals surface area contributed by atoms with Crippen molar-refractivity contribution in [2.75, 3.05) is 40.3 Å². The fourth-order valence-corrected chi connectivity index (χ4v) is 1.29. The molecule has 14 heavy (non-hydrogen) atoms. The first-order valence-electron chi connectivity index (χ1n) is 5.31. The maximum atomic E-state index is 9.48. The summed E-state index contributed by atoms with van der Waals surface area (Å²) >= 11 is 0. The van der Waals surface area contributed by atoms with E-state index >= 15 is 0 Å². The van der Waals surface area contributed by atoms with Gasteiger partial charge in [0.05, 0.1) is 6.10 Å². The highest BCUT2D eigenvalue weighted by atomic mass is 16.3. The van der Waals surface area contributed by atoms with E-state index in [0.717, 1.165) is 25.8 Å². The molecule has 0 radical (unpaired) electrons. The molecule has 0 fully saturated rings. The molecule has 1 unspecified atom stereocenters. The lowest BCUT2D eigenvalue weighted by Crippen LogP contribution is -2.35. The van der Waals surface area contributed by atoms with E-state index < -0.39 is 0 Å². The van der Waals surface area contributed by atoms with Gasteiger partial charge in [0, 0.05) is 19.7 Å². The minimum atomic E-state index is -0.289. The van der Waals surface area contributed by atoms with Gasteiger partial charge in [0.1, 0.15) is 0 Å². The third-order valence-electron chi connectivity index (χ3n) is 1.97. The van der Waals surface area contributed by atoms with Gasteiger partial charge in [-0.2, -0.15) is 0 Å². The first kappa shape index (κ1) is 13.8. The van der Waals surface area contributed by atoms with E-state index in [4.69, 9.17) is 5.11 Å². The highest BCUT2D eigenvalue weighted by Crippen LogP contribution is 1.92. The molecule has 4 heteroatoms. The highest BCUT2D eigenvalue weighted by molar-refractivity contribution is 4.62. The minimum Gasteiger partial charge on any atom is -0.396 e. The van der Waals surface area contributed by atoms with Crippen LogP contribution in [-0.2, 0) is 0 Å². The maximum absolute atomic E-state index is 9.48. The van der Waals surface area contributed by atoms with Crippen LogP contribution in [0.3, 0.4) is 0 Å². The van der Waals surface area contributed by atoms with Gasteiger partial charge in [0.25, 0.3) is 0 Å². The Morgan fingerprint density at radius 3 is 2.50 bits per heavy atom. The van der Waals surface area contributed by atoms with Crippen LogP contribution in [0.15, 0.2) is 0 Å². The number of hydrogen-bond acceptors (Lipinski definition) is 4. The molecule has 0 saturated carbocycles. The molecule has 0 amide bonds. The van der Waals surface area contributed by atoms with E-state index in [1.54, 1.807) is 0 Å². The van der Waals surface area contributed by atoms with Crippen LogP contribution in [0.4, 0.5) is 0 Å². The number of rotatable bonds is 9. The predicted octanol–water partition coefficient (Wildman–Crippen LogP) is -0.339. The molecule has 0 heterocycles. The summed E-state index contributed by atoms with van der Waals surface area (Å²) in [6.45, 7) is 2.55. The molecule has 4 nitrogen and oxygen atoms in total. The third-order valence-corrected chi connectivity index (χ3v) is 1.97. The fourth-order valence-electron chi connectivity index (χ4n) is 1.29. The maximum Gasteiger partial charge on any atom is 0.0791 e. The first-order valence-corrected chi connectivity index (χ1v) is 5.31. The molecule has 0 rings (SSSR count). The molecule has 0 aliphatic rings. The topological polar surface area (TPSA) is 55.7 Å². The van der Waals surface area contributed by atoms with E-state index in [2.05, 4.69) is 5.32 Å². The Balaban J connectivity index is 3.10. The van der Waals surface area contributed by atoms with Gasteiger partial charge in [-0.15, -0.1) is 0 Å². The number of likely N-dealkylation sites (N-methyl/N-ethyl adjacent to an activating group) is 1. The van der Waals surface area contributed by atoms with Crippen LogP contribution >= 0.6 is 0 Å². The molecule has 0 aliphatic carbocycles. The van der Waals surface area contributed by atoms with Crippen LogP contribution in [0.2, 0.25) is 0 Å². The van der Waals surface area contributed by atoms with Gasteiger partial charge in [-0.25, -0.2) is 0 Å². The lowest BCUT2D eigenvalue weighted by Gasteiger charge is -2.16. The number of hydrogen-bond donors (Lipinski definition) is 3. The summed E-state index contributed by atoms with van der Waals surface area (Å²) in [6.07, 6.45) is 2.70. The average molecular weight is 204 g/mol. The number of unbranched alkanes of at least 4 members (excludes halogenated alkanes) is 2. The van der Waals surface area contributed by atoms with Crippen molar-refractivity contribution in [3.63, 3.8) is 0 Å². The zero-order valence-electron chi connectivity index (χ0n) is 9.37. The van der Waals surface area contributed by atoms with E-state index in [1.165, 1.54) is 0 Å². The highest BCUT2D eigenvalue weighted by Gasteiger charge is 2.03. The van der Waals surface area contributed by atoms with Crippen LogP contribution < -0.4 is 5.32 Å². The van der Waals surface area contributed by atoms with Crippen LogP contribution in [0, 0.1) is 0 Å². The molecule has 0 aromatic rings. The average Bonchev–Trinajstić information content (AvgIpc) is 2.10. The predicted molar refractivity (Wildman–Crippen MR) is 58.4 cm³/mol. The molecule has 0 bridgehead atoms. The molecular weight excluding hydrogens is 180 g/mol. The van der Waals surface area contributed by atoms with Crippen molar-refractivity contribution in [1.82, 2.24) is 10.2 Å². The number of aliphatic hydroxyl groups is 2. The van der Waals surface area contributed by atoms with Crippen molar-refractivity contribution in [2.24, 2.45) is 0 Å². The van der Waals surface area contributed by atoms with Gasteiger partial charge in [0.15, 0.2) is 0 Å². The zero-order chi connectivity index (χ0) is 10.8. The lowest BCUT2D eigenvalue weighted by atomic mass is 10.2. The summed E-state index contributed by atoms with van der Waals surface area (Å²) in [7, 11) is 3.90. The van der Waals surface area contributed by atoms with Gasteiger partial charge >= 0.3 is 0 Å². The van der Waals surface area contributed by atoms with Crippen molar-refractivity contribution in [3.8, 4) is 0 Å². The summed E-state index contributed by atoms with van der Waals surface area (Å²) in [4.78, 5) is 1.97. The summed E-state index contributed by atoms with van der Waals surface area (Å²) < 4.78 is 0. The van der Waals surface area contributed by atoms with Crippen LogP contribution in [0.1, 0.15) is 19.3 Å². The van der Waals surface area contributed by atoms with Crippen LogP contribution in [0.5, 0.6) is 0 Å². The largest absolute Gasteiger partial charge is 0.396 e. The second-order valence-corrected chi connectivity index (χ2v) is 3.90. The normalized spacial score (nSPS) is 13.5. The molecule has 0 aromatic carbocycles. The number of aliphatic hydroxyl groups excluding tert-OH is 2. The Hall–Kier alpha value is -0.160. The monoisotopic (exact) mass is 204 g/mol. The molecule has 0 spiro atoms. The summed E-state index contributed by atoms with van der Waals surface area (Å²) in [6, 6.07) is 0. The van der Waals surface area contributed by atoms with Gasteiger partial charge in [-0.05, 0) is 39.9 Å². The molecule has 3 N–H and O–H groups in total. The van der Waals surface area contributed by atoms with E-state index in [9.17, 15) is 5.11 Å². The van der Waals surface area contributed by atoms with E-state index in [0.29, 0.717) is 13.1 Å². The molecule has 86 valence electrons. The Bertz CT molecular complexity index is 121. The fraction of sp³-hybridized carbons (Fsp3) is 1.00. The second-order valence-electron chi connectivity index (χ2n) is 3.90. The van der Waals surface area contributed by atoms with Crippen molar-refractivity contribution in [2.45, 2.75) is 25.4 Å². The van der Waals surface area contributed by atoms with Crippen molar-refractivity contribution in [3.05, 3.63) is 0 Å². The SMILES string of the molecule is CN(C)CC(O)CNCCCCCO. The molecule has 0 aliphatic heterocycles. The van der Waals surface area contributed by atoms with Gasteiger partial charge in [-0.3, -0.25) is 0 Å². The Morgan fingerprint density at radius 1 is 1.21 bits per heavy atom. The first-order chi connectivity index (χ1) is 6.66. The van der Waals surface area contributed by atoms with Gasteiger partial charge in [-0.1, -0.05) is 0 Å². The standard InChI is InChI=1S/C10H24N2O2/c1-12(2)9-10(14)8-11-6-4-3-5-7-13/h10-11,13-14H,3-9H2,1-2H3. The summed E-state index contributed by atoms with van der Waals surface area (Å²) in [5.41, 5.74) is 0. The van der Waals surface area contributed by atoms with Gasteiger partial charge in [0.2, 0.25) is 0 Å². The quantitative estimate of drug-likeness (QED) is 0.450. The number of nitrogens with zero attached hydrogens (tertiary/aromatic N) is 1. The molecule has 0 aromatic heterocycles. The van der Waals surface area contributed by atoms with Gasteiger partial charge < -0.3 is 20.4 Å². The third kappa shape index (κ3) is 9.92. The smallest absolute Gasteiger partial charge is 0.0791 e. The second kappa shape index (κ2) is 9.40. The Labute approximate surface area is 86.9 Å².